The monoisotopic (exact) mass is 309 g/mol. The number of carbonyl (C=O) groups excluding carboxylic acids is 1. The third kappa shape index (κ3) is 4.33. The summed E-state index contributed by atoms with van der Waals surface area (Å²) in [5.41, 5.74) is 0. The Morgan fingerprint density at radius 3 is 2.43 bits per heavy atom. The largest absolute Gasteiger partial charge is 0.479 e. The van der Waals surface area contributed by atoms with E-state index in [1.165, 1.54) is 6.92 Å². The van der Waals surface area contributed by atoms with Crippen LogP contribution in [0.1, 0.15) is 6.92 Å². The van der Waals surface area contributed by atoms with Crippen LogP contribution >= 0.6 is 0 Å². The smallest absolute Gasteiger partial charge is 0.332 e. The van der Waals surface area contributed by atoms with Crippen molar-refractivity contribution >= 4 is 11.9 Å². The molecule has 1 amide bonds. The Kier molecular flexibility index (Phi) is 6.45. The summed E-state index contributed by atoms with van der Waals surface area (Å²) in [4.78, 5) is 22.0. The fourth-order valence-electron chi connectivity index (χ4n) is 1.93. The first-order valence-corrected chi connectivity index (χ1v) is 6.22. The Bertz CT molecular complexity index is 377. The standard InChI is InChI=1S/C11H19NO9/c1-4(10(17)18)20-9-7(12-6(15)3-14)11(19)21-5(2-13)8(9)16/h4-5,7-9,11,13-14,16,19H,2-3H2,1H3,(H,12,15)(H,17,18)/t4-,5-,7-,8-,9-,11-/m1/s1. The van der Waals surface area contributed by atoms with E-state index in [0.717, 1.165) is 0 Å². The number of aliphatic hydroxyl groups is 4. The fourth-order valence-corrected chi connectivity index (χ4v) is 1.93. The first-order valence-electron chi connectivity index (χ1n) is 6.22. The van der Waals surface area contributed by atoms with E-state index in [9.17, 15) is 19.8 Å². The Hall–Kier alpha value is -1.30. The van der Waals surface area contributed by atoms with E-state index >= 15 is 0 Å². The molecule has 0 aliphatic carbocycles. The number of ether oxygens (including phenoxy) is 2. The van der Waals surface area contributed by atoms with E-state index in [4.69, 9.17) is 24.8 Å². The van der Waals surface area contributed by atoms with Gasteiger partial charge in [-0.3, -0.25) is 4.79 Å². The van der Waals surface area contributed by atoms with Crippen molar-refractivity contribution in [3.63, 3.8) is 0 Å². The zero-order valence-corrected chi connectivity index (χ0v) is 11.2. The van der Waals surface area contributed by atoms with Crippen molar-refractivity contribution in [2.24, 2.45) is 0 Å². The molecule has 1 aliphatic heterocycles. The van der Waals surface area contributed by atoms with Crippen molar-refractivity contribution in [3.05, 3.63) is 0 Å². The molecule has 1 rings (SSSR count). The Morgan fingerprint density at radius 2 is 1.95 bits per heavy atom. The van der Waals surface area contributed by atoms with Gasteiger partial charge in [0.25, 0.3) is 0 Å². The van der Waals surface area contributed by atoms with Crippen LogP contribution in [0.4, 0.5) is 0 Å². The molecule has 0 saturated carbocycles. The molecule has 10 heteroatoms. The van der Waals surface area contributed by atoms with E-state index in [1.807, 2.05) is 0 Å². The van der Waals surface area contributed by atoms with Gasteiger partial charge in [0.2, 0.25) is 5.91 Å². The number of carboxylic acids is 1. The van der Waals surface area contributed by atoms with Gasteiger partial charge in [0.15, 0.2) is 12.4 Å². The summed E-state index contributed by atoms with van der Waals surface area (Å²) in [5, 5.41) is 48.5. The van der Waals surface area contributed by atoms with Gasteiger partial charge in [-0.2, -0.15) is 0 Å². The molecule has 6 N–H and O–H groups in total. The third-order valence-electron chi connectivity index (χ3n) is 3.05. The number of nitrogens with one attached hydrogen (secondary N) is 1. The minimum Gasteiger partial charge on any atom is -0.479 e. The number of amides is 1. The minimum absolute atomic E-state index is 0.639. The number of carbonyl (C=O) groups is 2. The molecule has 0 aromatic carbocycles. The van der Waals surface area contributed by atoms with Crippen molar-refractivity contribution in [2.75, 3.05) is 13.2 Å². The van der Waals surface area contributed by atoms with Crippen LogP contribution in [-0.2, 0) is 19.1 Å². The molecular formula is C11H19NO9. The van der Waals surface area contributed by atoms with Crippen LogP contribution in [-0.4, -0.2) is 87.4 Å². The normalized spacial score (nSPS) is 34.2. The van der Waals surface area contributed by atoms with E-state index < -0.39 is 61.8 Å². The number of hydrogen-bond donors (Lipinski definition) is 6. The van der Waals surface area contributed by atoms with Crippen LogP contribution in [0.3, 0.4) is 0 Å². The predicted molar refractivity (Wildman–Crippen MR) is 65.0 cm³/mol. The van der Waals surface area contributed by atoms with Gasteiger partial charge in [-0.05, 0) is 6.92 Å². The zero-order chi connectivity index (χ0) is 16.2. The zero-order valence-electron chi connectivity index (χ0n) is 11.2. The van der Waals surface area contributed by atoms with Crippen LogP contribution in [0.5, 0.6) is 0 Å². The van der Waals surface area contributed by atoms with Crippen molar-refractivity contribution in [1.82, 2.24) is 5.32 Å². The summed E-state index contributed by atoms with van der Waals surface area (Å²) < 4.78 is 10.0. The summed E-state index contributed by atoms with van der Waals surface area (Å²) in [6, 6.07) is -1.30. The SMILES string of the molecule is C[C@@H](O[C@H]1[C@H](O)[C@@H](CO)O[C@@H](O)[C@@H]1NC(=O)CO)C(=O)O. The Balaban J connectivity index is 2.93. The fraction of sp³-hybridized carbons (Fsp3) is 0.818. The Morgan fingerprint density at radius 1 is 1.33 bits per heavy atom. The average molecular weight is 309 g/mol. The van der Waals surface area contributed by atoms with Crippen molar-refractivity contribution in [2.45, 2.75) is 43.7 Å². The molecule has 0 unspecified atom stereocenters. The molecule has 0 aromatic rings. The van der Waals surface area contributed by atoms with E-state index in [-0.39, 0.29) is 0 Å². The van der Waals surface area contributed by atoms with Gasteiger partial charge in [0.1, 0.15) is 31.0 Å². The summed E-state index contributed by atoms with van der Waals surface area (Å²) in [6.07, 6.45) is -7.00. The van der Waals surface area contributed by atoms with E-state index in [1.54, 1.807) is 0 Å². The maximum absolute atomic E-state index is 11.2. The number of carboxylic acid groups (broad SMARTS) is 1. The summed E-state index contributed by atoms with van der Waals surface area (Å²) >= 11 is 0. The van der Waals surface area contributed by atoms with Crippen molar-refractivity contribution in [3.8, 4) is 0 Å². The molecule has 0 radical (unpaired) electrons. The molecule has 6 atom stereocenters. The lowest BCUT2D eigenvalue weighted by molar-refractivity contribution is -0.267. The molecule has 1 heterocycles. The van der Waals surface area contributed by atoms with E-state index in [0.29, 0.717) is 0 Å². The molecule has 0 aromatic heterocycles. The molecule has 21 heavy (non-hydrogen) atoms. The summed E-state index contributed by atoms with van der Waals surface area (Å²) in [7, 11) is 0. The van der Waals surface area contributed by atoms with Gasteiger partial charge in [-0.15, -0.1) is 0 Å². The van der Waals surface area contributed by atoms with Crippen LogP contribution < -0.4 is 5.32 Å². The number of aliphatic carboxylic acids is 1. The van der Waals surface area contributed by atoms with Crippen LogP contribution in [0.25, 0.3) is 0 Å². The van der Waals surface area contributed by atoms with Gasteiger partial charge < -0.3 is 40.3 Å². The first kappa shape index (κ1) is 17.8. The highest BCUT2D eigenvalue weighted by atomic mass is 16.6. The van der Waals surface area contributed by atoms with Crippen LogP contribution in [0.2, 0.25) is 0 Å². The molecule has 1 saturated heterocycles. The number of aliphatic hydroxyl groups excluding tert-OH is 4. The van der Waals surface area contributed by atoms with Gasteiger partial charge in [0, 0.05) is 0 Å². The highest BCUT2D eigenvalue weighted by molar-refractivity contribution is 5.77. The lowest BCUT2D eigenvalue weighted by Crippen LogP contribution is -2.65. The maximum Gasteiger partial charge on any atom is 0.332 e. The second-order valence-corrected chi connectivity index (χ2v) is 4.57. The Labute approximate surface area is 119 Å². The van der Waals surface area contributed by atoms with Gasteiger partial charge in [-0.1, -0.05) is 0 Å². The second kappa shape index (κ2) is 7.64. The molecule has 1 aliphatic rings. The predicted octanol–water partition coefficient (Wildman–Crippen LogP) is -3.61. The van der Waals surface area contributed by atoms with Gasteiger partial charge in [-0.25, -0.2) is 4.79 Å². The highest BCUT2D eigenvalue weighted by Gasteiger charge is 2.47. The summed E-state index contributed by atoms with van der Waals surface area (Å²) in [6.45, 7) is -0.306. The van der Waals surface area contributed by atoms with Gasteiger partial charge in [0.05, 0.1) is 6.61 Å². The molecule has 10 nitrogen and oxygen atoms in total. The topological polar surface area (TPSA) is 166 Å². The molecular weight excluding hydrogens is 290 g/mol. The molecule has 1 fully saturated rings. The molecule has 122 valence electrons. The average Bonchev–Trinajstić information content (AvgIpc) is 2.45. The summed E-state index contributed by atoms with van der Waals surface area (Å²) in [5.74, 6) is -2.18. The lowest BCUT2D eigenvalue weighted by Gasteiger charge is -2.42. The van der Waals surface area contributed by atoms with Crippen molar-refractivity contribution in [1.29, 1.82) is 0 Å². The van der Waals surface area contributed by atoms with Gasteiger partial charge >= 0.3 is 5.97 Å². The molecule has 0 spiro atoms. The second-order valence-electron chi connectivity index (χ2n) is 4.57. The maximum atomic E-state index is 11.2. The lowest BCUT2D eigenvalue weighted by atomic mass is 9.96. The van der Waals surface area contributed by atoms with Crippen LogP contribution in [0.15, 0.2) is 0 Å². The number of hydrogen-bond acceptors (Lipinski definition) is 8. The third-order valence-corrected chi connectivity index (χ3v) is 3.05. The first-order chi connectivity index (χ1) is 9.81. The number of rotatable bonds is 6. The minimum atomic E-state index is -1.65. The van der Waals surface area contributed by atoms with Crippen LogP contribution in [0, 0.1) is 0 Å². The molecule has 0 bridgehead atoms. The quantitative estimate of drug-likeness (QED) is 0.290. The highest BCUT2D eigenvalue weighted by Crippen LogP contribution is 2.23. The van der Waals surface area contributed by atoms with E-state index in [2.05, 4.69) is 5.32 Å². The van der Waals surface area contributed by atoms with Crippen molar-refractivity contribution < 1.29 is 44.6 Å².